The third-order valence-corrected chi connectivity index (χ3v) is 6.52. The molecule has 3 rings (SSSR count). The first-order valence-electron chi connectivity index (χ1n) is 7.01. The van der Waals surface area contributed by atoms with Crippen molar-refractivity contribution in [2.24, 2.45) is 0 Å². The first kappa shape index (κ1) is 16.3. The van der Waals surface area contributed by atoms with E-state index in [-0.39, 0.29) is 5.75 Å². The smallest absolute Gasteiger partial charge is 0.179 e. The van der Waals surface area contributed by atoms with Crippen LogP contribution in [0.4, 0.5) is 0 Å². The van der Waals surface area contributed by atoms with Crippen LogP contribution in [0.15, 0.2) is 70.6 Å². The average Bonchev–Trinajstić information content (AvgIpc) is 2.55. The second-order valence-corrected chi connectivity index (χ2v) is 8.62. The van der Waals surface area contributed by atoms with Crippen LogP contribution in [0.5, 0.6) is 0 Å². The minimum atomic E-state index is -3.30. The molecule has 3 nitrogen and oxygen atoms in total. The summed E-state index contributed by atoms with van der Waals surface area (Å²) in [5, 5.41) is 2.43. The quantitative estimate of drug-likeness (QED) is 0.628. The minimum absolute atomic E-state index is 0.0633. The van der Waals surface area contributed by atoms with E-state index in [1.807, 2.05) is 36.4 Å². The van der Waals surface area contributed by atoms with Gasteiger partial charge in [-0.2, -0.15) is 0 Å². The zero-order valence-electron chi connectivity index (χ0n) is 12.1. The Bertz CT molecular complexity index is 925. The van der Waals surface area contributed by atoms with Crippen molar-refractivity contribution < 1.29 is 8.42 Å². The molecule has 23 heavy (non-hydrogen) atoms. The number of fused-ring (bicyclic) bond motifs is 1. The molecule has 0 radical (unpaired) electrons. The largest absolute Gasteiger partial charge is 0.241 e. The fourth-order valence-corrected chi connectivity index (χ4v) is 4.80. The van der Waals surface area contributed by atoms with E-state index in [4.69, 9.17) is 11.6 Å². The van der Waals surface area contributed by atoms with E-state index in [1.54, 1.807) is 12.1 Å². The van der Waals surface area contributed by atoms with Crippen molar-refractivity contribution in [3.8, 4) is 0 Å². The molecule has 0 unspecified atom stereocenters. The fourth-order valence-electron chi connectivity index (χ4n) is 2.14. The summed E-state index contributed by atoms with van der Waals surface area (Å²) >= 11 is 7.23. The summed E-state index contributed by atoms with van der Waals surface area (Å²) in [7, 11) is -3.30. The molecule has 0 atom stereocenters. The van der Waals surface area contributed by atoms with Crippen molar-refractivity contribution in [2.45, 2.75) is 9.92 Å². The molecular formula is C17H14ClNO2S2. The first-order chi connectivity index (χ1) is 11.0. The summed E-state index contributed by atoms with van der Waals surface area (Å²) in [6, 6.07) is 18.0. The molecule has 1 aromatic heterocycles. The van der Waals surface area contributed by atoms with Crippen LogP contribution in [0.1, 0.15) is 0 Å². The van der Waals surface area contributed by atoms with E-state index in [2.05, 4.69) is 4.98 Å². The minimum Gasteiger partial charge on any atom is -0.241 e. The number of halogens is 1. The lowest BCUT2D eigenvalue weighted by atomic mass is 10.2. The van der Waals surface area contributed by atoms with Gasteiger partial charge in [-0.05, 0) is 36.4 Å². The topological polar surface area (TPSA) is 47.0 Å². The summed E-state index contributed by atoms with van der Waals surface area (Å²) in [4.78, 5) is 4.83. The van der Waals surface area contributed by atoms with Gasteiger partial charge in [0, 0.05) is 16.2 Å². The molecule has 0 spiro atoms. The van der Waals surface area contributed by atoms with Crippen LogP contribution in [0, 0.1) is 0 Å². The molecule has 0 saturated carbocycles. The summed E-state index contributed by atoms with van der Waals surface area (Å²) in [5.74, 6) is 0.518. The van der Waals surface area contributed by atoms with Crippen molar-refractivity contribution in [3.05, 3.63) is 65.7 Å². The zero-order valence-corrected chi connectivity index (χ0v) is 14.5. The van der Waals surface area contributed by atoms with Crippen LogP contribution in [0.2, 0.25) is 5.02 Å². The fraction of sp³-hybridized carbons (Fsp3) is 0.118. The molecule has 0 fully saturated rings. The van der Waals surface area contributed by atoms with E-state index in [9.17, 15) is 8.42 Å². The van der Waals surface area contributed by atoms with Crippen LogP contribution >= 0.6 is 23.4 Å². The number of sulfone groups is 1. The maximum atomic E-state index is 12.3. The monoisotopic (exact) mass is 363 g/mol. The Morgan fingerprint density at radius 2 is 1.70 bits per heavy atom. The third-order valence-electron chi connectivity index (χ3n) is 3.35. The molecule has 2 aromatic carbocycles. The Balaban J connectivity index is 1.66. The number of nitrogens with zero attached hydrogens (tertiary/aromatic N) is 1. The van der Waals surface area contributed by atoms with Gasteiger partial charge in [0.05, 0.1) is 21.2 Å². The highest BCUT2D eigenvalue weighted by atomic mass is 35.5. The van der Waals surface area contributed by atoms with E-state index >= 15 is 0 Å². The molecule has 0 amide bonds. The van der Waals surface area contributed by atoms with Crippen LogP contribution < -0.4 is 0 Å². The summed E-state index contributed by atoms with van der Waals surface area (Å²) in [6.45, 7) is 0. The Kier molecular flexibility index (Phi) is 4.90. The summed E-state index contributed by atoms with van der Waals surface area (Å²) in [5.41, 5.74) is 0.915. The molecule has 3 aromatic rings. The number of aromatic nitrogens is 1. The van der Waals surface area contributed by atoms with Gasteiger partial charge in [0.15, 0.2) is 9.84 Å². The van der Waals surface area contributed by atoms with Crippen molar-refractivity contribution >= 4 is 44.1 Å². The number of benzene rings is 2. The highest BCUT2D eigenvalue weighted by Gasteiger charge is 2.14. The number of rotatable bonds is 5. The van der Waals surface area contributed by atoms with Gasteiger partial charge in [0.1, 0.15) is 0 Å². The van der Waals surface area contributed by atoms with Gasteiger partial charge in [0.2, 0.25) is 0 Å². The molecule has 6 heteroatoms. The summed E-state index contributed by atoms with van der Waals surface area (Å²) < 4.78 is 24.5. The Labute approximate surface area is 144 Å². The van der Waals surface area contributed by atoms with Crippen LogP contribution in [0.25, 0.3) is 10.9 Å². The molecule has 0 aliphatic rings. The molecule has 0 saturated heterocycles. The predicted molar refractivity (Wildman–Crippen MR) is 96.0 cm³/mol. The number of thioether (sulfide) groups is 1. The highest BCUT2D eigenvalue weighted by molar-refractivity contribution is 8.00. The van der Waals surface area contributed by atoms with Gasteiger partial charge >= 0.3 is 0 Å². The second-order valence-electron chi connectivity index (χ2n) is 4.96. The van der Waals surface area contributed by atoms with Gasteiger partial charge in [-0.1, -0.05) is 35.9 Å². The number of pyridine rings is 1. The Hall–Kier alpha value is -1.56. The first-order valence-corrected chi connectivity index (χ1v) is 10.0. The molecule has 1 heterocycles. The van der Waals surface area contributed by atoms with E-state index in [0.29, 0.717) is 15.7 Å². The van der Waals surface area contributed by atoms with E-state index in [0.717, 1.165) is 15.9 Å². The molecule has 0 N–H and O–H groups in total. The maximum absolute atomic E-state index is 12.3. The van der Waals surface area contributed by atoms with Gasteiger partial charge in [-0.3, -0.25) is 0 Å². The molecule has 0 aliphatic heterocycles. The standard InChI is InChI=1S/C17H14ClNO2S2/c18-14-6-8-15(9-7-14)23(20,21)12-11-22-17-10-5-13-3-1-2-4-16(13)19-17/h1-10H,11-12H2. The molecule has 0 aliphatic carbocycles. The lowest BCUT2D eigenvalue weighted by Gasteiger charge is -2.05. The molecule has 0 bridgehead atoms. The average molecular weight is 364 g/mol. The maximum Gasteiger partial charge on any atom is 0.179 e. The van der Waals surface area contributed by atoms with Crippen LogP contribution in [-0.4, -0.2) is 24.9 Å². The van der Waals surface area contributed by atoms with Gasteiger partial charge in [-0.25, -0.2) is 13.4 Å². The number of hydrogen-bond acceptors (Lipinski definition) is 4. The van der Waals surface area contributed by atoms with Crippen LogP contribution in [-0.2, 0) is 9.84 Å². The van der Waals surface area contributed by atoms with Gasteiger partial charge in [0.25, 0.3) is 0 Å². The second kappa shape index (κ2) is 6.91. The van der Waals surface area contributed by atoms with Crippen LogP contribution in [0.3, 0.4) is 0 Å². The van der Waals surface area contributed by atoms with Gasteiger partial charge in [-0.15, -0.1) is 11.8 Å². The Morgan fingerprint density at radius 1 is 0.957 bits per heavy atom. The van der Waals surface area contributed by atoms with E-state index < -0.39 is 9.84 Å². The Morgan fingerprint density at radius 3 is 2.48 bits per heavy atom. The van der Waals surface area contributed by atoms with Crippen molar-refractivity contribution in [3.63, 3.8) is 0 Å². The van der Waals surface area contributed by atoms with Crippen molar-refractivity contribution in [1.82, 2.24) is 4.98 Å². The highest BCUT2D eigenvalue weighted by Crippen LogP contribution is 2.22. The number of hydrogen-bond donors (Lipinski definition) is 0. The third kappa shape index (κ3) is 4.05. The van der Waals surface area contributed by atoms with Gasteiger partial charge < -0.3 is 0 Å². The number of para-hydroxylation sites is 1. The normalized spacial score (nSPS) is 11.7. The summed E-state index contributed by atoms with van der Waals surface area (Å²) in [6.07, 6.45) is 0. The predicted octanol–water partition coefficient (Wildman–Crippen LogP) is 4.45. The van der Waals surface area contributed by atoms with Crippen molar-refractivity contribution in [1.29, 1.82) is 0 Å². The van der Waals surface area contributed by atoms with E-state index in [1.165, 1.54) is 23.9 Å². The van der Waals surface area contributed by atoms with Crippen molar-refractivity contribution in [2.75, 3.05) is 11.5 Å². The molecule has 118 valence electrons. The zero-order chi connectivity index (χ0) is 16.3. The SMILES string of the molecule is O=S(=O)(CCSc1ccc2ccccc2n1)c1ccc(Cl)cc1. The lowest BCUT2D eigenvalue weighted by Crippen LogP contribution is -2.08. The molecular weight excluding hydrogens is 350 g/mol. The lowest BCUT2D eigenvalue weighted by molar-refractivity contribution is 0.597.